The second-order valence-corrected chi connectivity index (χ2v) is 8.29. The fourth-order valence-electron chi connectivity index (χ4n) is 2.89. The second-order valence-electron chi connectivity index (χ2n) is 6.38. The Labute approximate surface area is 161 Å². The number of methoxy groups -OCH3 is 1. The predicted octanol–water partition coefficient (Wildman–Crippen LogP) is 1.56. The highest BCUT2D eigenvalue weighted by molar-refractivity contribution is 7.89. The predicted molar refractivity (Wildman–Crippen MR) is 103 cm³/mol. The van der Waals surface area contributed by atoms with E-state index in [9.17, 15) is 13.2 Å². The van der Waals surface area contributed by atoms with Crippen LogP contribution in [0.1, 0.15) is 32.1 Å². The van der Waals surface area contributed by atoms with Crippen molar-refractivity contribution >= 4 is 21.6 Å². The molecule has 1 aromatic rings. The fourth-order valence-corrected chi connectivity index (χ4v) is 4.48. The smallest absolute Gasteiger partial charge is 0.246 e. The van der Waals surface area contributed by atoms with Crippen molar-refractivity contribution in [3.8, 4) is 5.75 Å². The van der Waals surface area contributed by atoms with E-state index < -0.39 is 10.0 Å². The minimum absolute atomic E-state index is 0.0487. The van der Waals surface area contributed by atoms with Crippen molar-refractivity contribution in [2.45, 2.75) is 37.0 Å². The van der Waals surface area contributed by atoms with E-state index in [1.54, 1.807) is 12.1 Å². The second kappa shape index (κ2) is 10.6. The number of carbonyl (C=O) groups is 1. The number of unbranched alkanes of at least 4 members (excludes halogenated alkanes) is 3. The summed E-state index contributed by atoms with van der Waals surface area (Å²) < 4.78 is 37.7. The number of morpholine rings is 1. The molecule has 27 heavy (non-hydrogen) atoms. The van der Waals surface area contributed by atoms with Crippen molar-refractivity contribution in [3.05, 3.63) is 18.2 Å². The number of rotatable bonds is 10. The van der Waals surface area contributed by atoms with Crippen LogP contribution in [0.4, 0.5) is 5.69 Å². The Morgan fingerprint density at radius 1 is 1.22 bits per heavy atom. The van der Waals surface area contributed by atoms with Gasteiger partial charge in [0.2, 0.25) is 15.9 Å². The molecule has 0 atom stereocenters. The van der Waals surface area contributed by atoms with E-state index in [4.69, 9.17) is 15.2 Å². The molecule has 0 bridgehead atoms. The first-order valence-electron chi connectivity index (χ1n) is 9.25. The Kier molecular flexibility index (Phi) is 8.49. The summed E-state index contributed by atoms with van der Waals surface area (Å²) in [5.74, 6) is 0.115. The number of nitrogens with zero attached hydrogens (tertiary/aromatic N) is 1. The van der Waals surface area contributed by atoms with Crippen LogP contribution in [0.5, 0.6) is 5.75 Å². The third-order valence-electron chi connectivity index (χ3n) is 4.39. The maximum absolute atomic E-state index is 12.9. The van der Waals surface area contributed by atoms with E-state index in [0.717, 1.165) is 25.7 Å². The van der Waals surface area contributed by atoms with Gasteiger partial charge in [-0.15, -0.1) is 0 Å². The van der Waals surface area contributed by atoms with Gasteiger partial charge in [-0.05, 0) is 37.6 Å². The number of sulfonamides is 1. The molecule has 1 aliphatic rings. The van der Waals surface area contributed by atoms with Gasteiger partial charge < -0.3 is 20.5 Å². The van der Waals surface area contributed by atoms with E-state index in [2.05, 4.69) is 5.32 Å². The first-order valence-corrected chi connectivity index (χ1v) is 10.7. The largest absolute Gasteiger partial charge is 0.495 e. The summed E-state index contributed by atoms with van der Waals surface area (Å²) in [6.45, 7) is 1.98. The lowest BCUT2D eigenvalue weighted by Gasteiger charge is -2.26. The Morgan fingerprint density at radius 3 is 2.59 bits per heavy atom. The van der Waals surface area contributed by atoms with Crippen molar-refractivity contribution < 1.29 is 22.7 Å². The van der Waals surface area contributed by atoms with Crippen LogP contribution in [0, 0.1) is 0 Å². The summed E-state index contributed by atoms with van der Waals surface area (Å²) in [4.78, 5) is 12.2. The molecule has 0 radical (unpaired) electrons. The third kappa shape index (κ3) is 6.17. The van der Waals surface area contributed by atoms with Crippen molar-refractivity contribution in [2.24, 2.45) is 5.73 Å². The summed E-state index contributed by atoms with van der Waals surface area (Å²) in [5, 5.41) is 2.77. The number of amides is 1. The summed E-state index contributed by atoms with van der Waals surface area (Å²) >= 11 is 0. The highest BCUT2D eigenvalue weighted by Crippen LogP contribution is 2.30. The van der Waals surface area contributed by atoms with Gasteiger partial charge in [0.1, 0.15) is 10.6 Å². The lowest BCUT2D eigenvalue weighted by molar-refractivity contribution is -0.116. The van der Waals surface area contributed by atoms with E-state index in [0.29, 0.717) is 45.0 Å². The number of benzene rings is 1. The number of hydrogen-bond acceptors (Lipinski definition) is 6. The molecule has 1 heterocycles. The van der Waals surface area contributed by atoms with Crippen molar-refractivity contribution in [1.29, 1.82) is 0 Å². The number of ether oxygens (including phenoxy) is 2. The molecule has 0 spiro atoms. The van der Waals surface area contributed by atoms with Gasteiger partial charge in [-0.1, -0.05) is 12.8 Å². The molecule has 9 heteroatoms. The van der Waals surface area contributed by atoms with Crippen LogP contribution in [0.3, 0.4) is 0 Å². The summed E-state index contributed by atoms with van der Waals surface area (Å²) in [6, 6.07) is 4.66. The zero-order chi connectivity index (χ0) is 19.7. The molecule has 1 aromatic carbocycles. The zero-order valence-electron chi connectivity index (χ0n) is 15.8. The molecule has 0 saturated carbocycles. The van der Waals surface area contributed by atoms with Gasteiger partial charge in [-0.25, -0.2) is 8.42 Å². The number of nitrogens with two attached hydrogens (primary N) is 1. The number of anilines is 1. The minimum Gasteiger partial charge on any atom is -0.495 e. The van der Waals surface area contributed by atoms with Gasteiger partial charge >= 0.3 is 0 Å². The molecule has 8 nitrogen and oxygen atoms in total. The molecule has 2 rings (SSSR count). The minimum atomic E-state index is -3.73. The molecule has 1 aliphatic heterocycles. The highest BCUT2D eigenvalue weighted by atomic mass is 32.2. The van der Waals surface area contributed by atoms with Crippen molar-refractivity contribution in [3.63, 3.8) is 0 Å². The highest BCUT2D eigenvalue weighted by Gasteiger charge is 2.29. The third-order valence-corrected chi connectivity index (χ3v) is 6.31. The zero-order valence-corrected chi connectivity index (χ0v) is 16.6. The van der Waals surface area contributed by atoms with Crippen LogP contribution in [-0.4, -0.2) is 58.6 Å². The number of carbonyl (C=O) groups excluding carboxylic acids is 1. The molecule has 0 unspecified atom stereocenters. The maximum atomic E-state index is 12.9. The molecule has 1 fully saturated rings. The van der Waals surface area contributed by atoms with Crippen LogP contribution < -0.4 is 15.8 Å². The van der Waals surface area contributed by atoms with Crippen molar-refractivity contribution in [2.75, 3.05) is 45.3 Å². The van der Waals surface area contributed by atoms with Crippen LogP contribution in [0.25, 0.3) is 0 Å². The molecule has 0 aromatic heterocycles. The van der Waals surface area contributed by atoms with Crippen LogP contribution in [0.2, 0.25) is 0 Å². The summed E-state index contributed by atoms with van der Waals surface area (Å²) in [5.41, 5.74) is 5.89. The maximum Gasteiger partial charge on any atom is 0.246 e. The monoisotopic (exact) mass is 399 g/mol. The van der Waals surface area contributed by atoms with Crippen molar-refractivity contribution in [1.82, 2.24) is 4.31 Å². The van der Waals surface area contributed by atoms with Gasteiger partial charge in [0.05, 0.1) is 20.3 Å². The van der Waals surface area contributed by atoms with Gasteiger partial charge in [-0.2, -0.15) is 4.31 Å². The first kappa shape index (κ1) is 21.6. The molecular formula is C18H29N3O5S. The Balaban J connectivity index is 2.07. The van der Waals surface area contributed by atoms with Crippen LogP contribution in [-0.2, 0) is 19.6 Å². The quantitative estimate of drug-likeness (QED) is 0.578. The molecule has 0 aliphatic carbocycles. The number of nitrogens with one attached hydrogen (secondary N) is 1. The van der Waals surface area contributed by atoms with Crippen LogP contribution >= 0.6 is 0 Å². The first-order chi connectivity index (χ1) is 13.0. The van der Waals surface area contributed by atoms with E-state index in [1.807, 2.05) is 0 Å². The normalized spacial score (nSPS) is 15.5. The lowest BCUT2D eigenvalue weighted by Crippen LogP contribution is -2.40. The fraction of sp³-hybridized carbons (Fsp3) is 0.611. The Hall–Kier alpha value is -1.68. The Bertz CT molecular complexity index is 718. The van der Waals surface area contributed by atoms with E-state index in [-0.39, 0.29) is 16.6 Å². The van der Waals surface area contributed by atoms with Gasteiger partial charge in [0.15, 0.2) is 0 Å². The lowest BCUT2D eigenvalue weighted by atomic mass is 10.1. The molecule has 1 saturated heterocycles. The SMILES string of the molecule is COc1ccc(NC(=O)CCCCCCN)cc1S(=O)(=O)N1CCOCC1. The van der Waals surface area contributed by atoms with Gasteiger partial charge in [-0.3, -0.25) is 4.79 Å². The molecule has 152 valence electrons. The molecule has 1 amide bonds. The van der Waals surface area contributed by atoms with Crippen LogP contribution in [0.15, 0.2) is 23.1 Å². The molecular weight excluding hydrogens is 370 g/mol. The van der Waals surface area contributed by atoms with E-state index >= 15 is 0 Å². The average Bonchev–Trinajstić information content (AvgIpc) is 2.68. The average molecular weight is 400 g/mol. The summed E-state index contributed by atoms with van der Waals surface area (Å²) in [6.07, 6.45) is 4.09. The Morgan fingerprint density at radius 2 is 1.93 bits per heavy atom. The van der Waals surface area contributed by atoms with E-state index in [1.165, 1.54) is 17.5 Å². The van der Waals surface area contributed by atoms with Gasteiger partial charge in [0, 0.05) is 25.2 Å². The molecule has 3 N–H and O–H groups in total. The number of hydrogen-bond donors (Lipinski definition) is 2. The standard InChI is InChI=1S/C18H29N3O5S/c1-25-16-8-7-15(20-18(22)6-4-2-3-5-9-19)14-17(16)27(23,24)21-10-12-26-13-11-21/h7-8,14H,2-6,9-13,19H2,1H3,(H,20,22). The summed E-state index contributed by atoms with van der Waals surface area (Å²) in [7, 11) is -2.30. The van der Waals surface area contributed by atoms with Gasteiger partial charge in [0.25, 0.3) is 0 Å². The topological polar surface area (TPSA) is 111 Å².